The van der Waals surface area contributed by atoms with E-state index >= 15 is 0 Å². The fourth-order valence-corrected chi connectivity index (χ4v) is 3.45. The number of carbonyl (C=O) groups excluding carboxylic acids is 1. The lowest BCUT2D eigenvalue weighted by Crippen LogP contribution is -2.30. The van der Waals surface area contributed by atoms with E-state index < -0.39 is 16.0 Å². The van der Waals surface area contributed by atoms with Crippen molar-refractivity contribution in [2.45, 2.75) is 31.4 Å². The van der Waals surface area contributed by atoms with Crippen molar-refractivity contribution >= 4 is 16.0 Å². The zero-order valence-electron chi connectivity index (χ0n) is 13.9. The molecular weight excluding hydrogens is 340 g/mol. The quantitative estimate of drug-likeness (QED) is 0.801. The van der Waals surface area contributed by atoms with Gasteiger partial charge in [0, 0.05) is 11.6 Å². The number of nitrogens with one attached hydrogen (secondary N) is 1. The molecule has 0 spiro atoms. The number of nitriles is 1. The van der Waals surface area contributed by atoms with Gasteiger partial charge in [0.1, 0.15) is 6.61 Å². The molecule has 130 valence electrons. The van der Waals surface area contributed by atoms with Crippen molar-refractivity contribution in [3.05, 3.63) is 65.2 Å². The molecule has 1 N–H and O–H groups in total. The zero-order chi connectivity index (χ0) is 18.4. The predicted molar refractivity (Wildman–Crippen MR) is 92.2 cm³/mol. The second-order valence-electron chi connectivity index (χ2n) is 5.65. The predicted octanol–water partition coefficient (Wildman–Crippen LogP) is 2.60. The molecule has 0 fully saturated rings. The van der Waals surface area contributed by atoms with Crippen molar-refractivity contribution in [3.8, 4) is 6.07 Å². The second kappa shape index (κ2) is 7.92. The van der Waals surface area contributed by atoms with Gasteiger partial charge >= 0.3 is 5.97 Å². The third-order valence-corrected chi connectivity index (χ3v) is 4.92. The summed E-state index contributed by atoms with van der Waals surface area (Å²) in [5.41, 5.74) is 1.14. The molecule has 0 aliphatic rings. The highest BCUT2D eigenvalue weighted by Gasteiger charge is 2.18. The Labute approximate surface area is 147 Å². The van der Waals surface area contributed by atoms with Crippen molar-refractivity contribution in [2.24, 2.45) is 0 Å². The van der Waals surface area contributed by atoms with E-state index in [-0.39, 0.29) is 23.1 Å². The average Bonchev–Trinajstić information content (AvgIpc) is 2.59. The van der Waals surface area contributed by atoms with Gasteiger partial charge in [-0.25, -0.2) is 17.9 Å². The maximum absolute atomic E-state index is 12.2. The van der Waals surface area contributed by atoms with E-state index in [9.17, 15) is 13.2 Å². The van der Waals surface area contributed by atoms with Crippen LogP contribution in [-0.4, -0.2) is 20.4 Å². The van der Waals surface area contributed by atoms with Gasteiger partial charge in [-0.2, -0.15) is 5.26 Å². The van der Waals surface area contributed by atoms with E-state index in [1.807, 2.05) is 6.07 Å². The van der Waals surface area contributed by atoms with Crippen LogP contribution >= 0.6 is 0 Å². The van der Waals surface area contributed by atoms with Crippen LogP contribution in [0.25, 0.3) is 0 Å². The van der Waals surface area contributed by atoms with Gasteiger partial charge < -0.3 is 4.74 Å². The van der Waals surface area contributed by atoms with Gasteiger partial charge in [0.25, 0.3) is 0 Å². The average molecular weight is 358 g/mol. The van der Waals surface area contributed by atoms with E-state index in [4.69, 9.17) is 10.00 Å². The topological polar surface area (TPSA) is 96.3 Å². The van der Waals surface area contributed by atoms with Gasteiger partial charge in [0.05, 0.1) is 22.1 Å². The lowest BCUT2D eigenvalue weighted by atomic mass is 10.1. The summed E-state index contributed by atoms with van der Waals surface area (Å²) in [6, 6.07) is 14.2. The van der Waals surface area contributed by atoms with Crippen molar-refractivity contribution in [1.29, 1.82) is 5.26 Å². The van der Waals surface area contributed by atoms with Crippen LogP contribution < -0.4 is 4.72 Å². The minimum Gasteiger partial charge on any atom is -0.457 e. The van der Waals surface area contributed by atoms with Crippen LogP contribution in [0.3, 0.4) is 0 Å². The van der Waals surface area contributed by atoms with Crippen LogP contribution in [0.15, 0.2) is 53.4 Å². The van der Waals surface area contributed by atoms with Gasteiger partial charge in [-0.3, -0.25) is 0 Å². The lowest BCUT2D eigenvalue weighted by Gasteiger charge is -2.11. The van der Waals surface area contributed by atoms with Crippen LogP contribution in [0, 0.1) is 11.3 Å². The lowest BCUT2D eigenvalue weighted by molar-refractivity contribution is 0.0472. The van der Waals surface area contributed by atoms with Gasteiger partial charge in [-0.1, -0.05) is 24.3 Å². The first-order chi connectivity index (χ1) is 11.8. The normalized spacial score (nSPS) is 11.1. The number of esters is 1. The van der Waals surface area contributed by atoms with Crippen molar-refractivity contribution < 1.29 is 17.9 Å². The number of carbonyl (C=O) groups is 1. The first-order valence-corrected chi connectivity index (χ1v) is 9.09. The Balaban J connectivity index is 2.15. The number of hydrogen-bond acceptors (Lipinski definition) is 5. The zero-order valence-corrected chi connectivity index (χ0v) is 14.7. The molecule has 25 heavy (non-hydrogen) atoms. The van der Waals surface area contributed by atoms with Gasteiger partial charge in [0.15, 0.2) is 0 Å². The van der Waals surface area contributed by atoms with Crippen LogP contribution in [-0.2, 0) is 21.4 Å². The minimum atomic E-state index is -3.69. The van der Waals surface area contributed by atoms with Crippen LogP contribution in [0.1, 0.15) is 35.3 Å². The molecule has 2 aromatic carbocycles. The Morgan fingerprint density at radius 3 is 2.60 bits per heavy atom. The number of nitrogens with zero attached hydrogens (tertiary/aromatic N) is 1. The molecule has 0 saturated heterocycles. The van der Waals surface area contributed by atoms with Crippen LogP contribution in [0.2, 0.25) is 0 Å². The molecule has 0 amide bonds. The molecule has 0 heterocycles. The fourth-order valence-electron chi connectivity index (χ4n) is 2.15. The molecule has 0 unspecified atom stereocenters. The summed E-state index contributed by atoms with van der Waals surface area (Å²) in [5, 5.41) is 9.03. The Morgan fingerprint density at radius 2 is 1.92 bits per heavy atom. The maximum Gasteiger partial charge on any atom is 0.338 e. The molecular formula is C18H18N2O4S. The second-order valence-corrected chi connectivity index (χ2v) is 7.36. The SMILES string of the molecule is CC(C)NS(=O)(=O)c1cccc(C(=O)OCc2ccccc2C#N)c1. The highest BCUT2D eigenvalue weighted by Crippen LogP contribution is 2.15. The summed E-state index contributed by atoms with van der Waals surface area (Å²) in [4.78, 5) is 12.2. The molecule has 0 radical (unpaired) electrons. The first-order valence-electron chi connectivity index (χ1n) is 7.61. The molecule has 0 aliphatic heterocycles. The third kappa shape index (κ3) is 4.89. The van der Waals surface area contributed by atoms with Crippen LogP contribution in [0.5, 0.6) is 0 Å². The Morgan fingerprint density at radius 1 is 1.20 bits per heavy atom. The smallest absolute Gasteiger partial charge is 0.338 e. The van der Waals surface area contributed by atoms with E-state index in [1.54, 1.807) is 38.1 Å². The Hall–Kier alpha value is -2.69. The van der Waals surface area contributed by atoms with E-state index in [1.165, 1.54) is 24.3 Å². The molecule has 6 nitrogen and oxygen atoms in total. The largest absolute Gasteiger partial charge is 0.457 e. The Bertz CT molecular complexity index is 915. The maximum atomic E-state index is 12.2. The molecule has 0 atom stereocenters. The van der Waals surface area contributed by atoms with Gasteiger partial charge in [-0.15, -0.1) is 0 Å². The summed E-state index contributed by atoms with van der Waals surface area (Å²) >= 11 is 0. The molecule has 2 rings (SSSR count). The fraction of sp³-hybridized carbons (Fsp3) is 0.222. The molecule has 7 heteroatoms. The monoisotopic (exact) mass is 358 g/mol. The van der Waals surface area contributed by atoms with Gasteiger partial charge in [0.2, 0.25) is 10.0 Å². The molecule has 0 bridgehead atoms. The highest BCUT2D eigenvalue weighted by molar-refractivity contribution is 7.89. The standard InChI is InChI=1S/C18H18N2O4S/c1-13(2)20-25(22,23)17-9-5-8-14(10-17)18(21)24-12-16-7-4-3-6-15(16)11-19/h3-10,13,20H,12H2,1-2H3. The molecule has 2 aromatic rings. The van der Waals surface area contributed by atoms with E-state index in [2.05, 4.69) is 4.72 Å². The molecule has 0 aromatic heterocycles. The molecule has 0 aliphatic carbocycles. The summed E-state index contributed by atoms with van der Waals surface area (Å²) in [5.74, 6) is -0.658. The number of hydrogen-bond donors (Lipinski definition) is 1. The van der Waals surface area contributed by atoms with Crippen LogP contribution in [0.4, 0.5) is 0 Å². The van der Waals surface area contributed by atoms with Gasteiger partial charge in [-0.05, 0) is 38.1 Å². The highest BCUT2D eigenvalue weighted by atomic mass is 32.2. The van der Waals surface area contributed by atoms with E-state index in [0.29, 0.717) is 11.1 Å². The number of benzene rings is 2. The first kappa shape index (κ1) is 18.6. The van der Waals surface area contributed by atoms with Crippen molar-refractivity contribution in [3.63, 3.8) is 0 Å². The number of sulfonamides is 1. The van der Waals surface area contributed by atoms with Crippen molar-refractivity contribution in [1.82, 2.24) is 4.72 Å². The number of ether oxygens (including phenoxy) is 1. The number of rotatable bonds is 6. The Kier molecular flexibility index (Phi) is 5.91. The summed E-state index contributed by atoms with van der Waals surface area (Å²) in [6.07, 6.45) is 0. The summed E-state index contributed by atoms with van der Waals surface area (Å²) in [6.45, 7) is 3.36. The summed E-state index contributed by atoms with van der Waals surface area (Å²) < 4.78 is 32.0. The van der Waals surface area contributed by atoms with E-state index in [0.717, 1.165) is 0 Å². The third-order valence-electron chi connectivity index (χ3n) is 3.27. The minimum absolute atomic E-state index is 0.00641. The summed E-state index contributed by atoms with van der Waals surface area (Å²) in [7, 11) is -3.69. The molecule has 0 saturated carbocycles. The van der Waals surface area contributed by atoms with Crippen molar-refractivity contribution in [2.75, 3.05) is 0 Å².